The van der Waals surface area contributed by atoms with Crippen molar-refractivity contribution in [2.45, 2.75) is 19.4 Å². The maximum absolute atomic E-state index is 10.3. The third-order valence-electron chi connectivity index (χ3n) is 2.60. The number of halogens is 2. The summed E-state index contributed by atoms with van der Waals surface area (Å²) in [4.78, 5) is 0.819. The maximum atomic E-state index is 10.3. The normalized spacial score (nSPS) is 12.4. The zero-order valence-corrected chi connectivity index (χ0v) is 13.6. The second-order valence-corrected chi connectivity index (χ2v) is 6.63. The van der Waals surface area contributed by atoms with Crippen LogP contribution in [-0.4, -0.2) is 11.7 Å². The number of rotatable bonds is 5. The van der Waals surface area contributed by atoms with Crippen molar-refractivity contribution in [1.82, 2.24) is 0 Å². The van der Waals surface area contributed by atoms with Crippen LogP contribution in [0.2, 0.25) is 4.34 Å². The molecule has 1 aromatic heterocycles. The number of ether oxygens (including phenoxy) is 1. The van der Waals surface area contributed by atoms with E-state index in [1.54, 1.807) is 0 Å². The summed E-state index contributed by atoms with van der Waals surface area (Å²) in [5.41, 5.74) is 0.828. The van der Waals surface area contributed by atoms with Crippen molar-refractivity contribution < 1.29 is 9.84 Å². The fourth-order valence-corrected chi connectivity index (χ4v) is 3.38. The molecule has 0 saturated carbocycles. The Kier molecular flexibility index (Phi) is 5.28. The molecule has 0 spiro atoms. The molecule has 2 nitrogen and oxygen atoms in total. The van der Waals surface area contributed by atoms with E-state index in [0.717, 1.165) is 27.1 Å². The largest absolute Gasteiger partial charge is 0.494 e. The molecule has 0 aliphatic heterocycles. The van der Waals surface area contributed by atoms with Crippen LogP contribution in [0.25, 0.3) is 0 Å². The van der Waals surface area contributed by atoms with Crippen molar-refractivity contribution in [1.29, 1.82) is 0 Å². The Hall–Kier alpha value is -0.550. The highest BCUT2D eigenvalue weighted by atomic mass is 79.9. The van der Waals surface area contributed by atoms with Gasteiger partial charge in [0.1, 0.15) is 16.2 Å². The first-order valence-corrected chi connectivity index (χ1v) is 7.96. The SMILES string of the molecule is CCCOc1ccc(C(O)c2cc(Br)c(Cl)s2)cc1. The zero-order chi connectivity index (χ0) is 13.8. The Balaban J connectivity index is 2.13. The van der Waals surface area contributed by atoms with Gasteiger partial charge in [-0.15, -0.1) is 11.3 Å². The Morgan fingerprint density at radius 2 is 2.05 bits per heavy atom. The lowest BCUT2D eigenvalue weighted by Gasteiger charge is -2.10. The Bertz CT molecular complexity index is 519. The van der Waals surface area contributed by atoms with Crippen LogP contribution >= 0.6 is 38.9 Å². The molecule has 0 saturated heterocycles. The van der Waals surface area contributed by atoms with E-state index >= 15 is 0 Å². The molecule has 1 N–H and O–H groups in total. The molecule has 1 unspecified atom stereocenters. The second kappa shape index (κ2) is 6.75. The third-order valence-corrected chi connectivity index (χ3v) is 5.13. The fourth-order valence-electron chi connectivity index (χ4n) is 1.63. The van der Waals surface area contributed by atoms with Crippen molar-refractivity contribution in [3.05, 3.63) is 49.6 Å². The molecule has 1 aromatic carbocycles. The molecule has 2 aromatic rings. The van der Waals surface area contributed by atoms with Crippen molar-refractivity contribution in [2.75, 3.05) is 6.61 Å². The first kappa shape index (κ1) is 14.9. The quantitative estimate of drug-likeness (QED) is 0.809. The molecule has 0 aliphatic rings. The van der Waals surface area contributed by atoms with E-state index < -0.39 is 6.10 Å². The first-order valence-electron chi connectivity index (χ1n) is 5.97. The van der Waals surface area contributed by atoms with E-state index in [1.165, 1.54) is 11.3 Å². The van der Waals surface area contributed by atoms with Crippen LogP contribution in [0.5, 0.6) is 5.75 Å². The number of hydrogen-bond acceptors (Lipinski definition) is 3. The topological polar surface area (TPSA) is 29.5 Å². The summed E-state index contributed by atoms with van der Waals surface area (Å²) < 4.78 is 6.98. The van der Waals surface area contributed by atoms with E-state index in [2.05, 4.69) is 22.9 Å². The summed E-state index contributed by atoms with van der Waals surface area (Å²) in [7, 11) is 0. The predicted octanol–water partition coefficient (Wildman–Crippen LogP) is 5.03. The van der Waals surface area contributed by atoms with Gasteiger partial charge in [-0.2, -0.15) is 0 Å². The van der Waals surface area contributed by atoms with Gasteiger partial charge in [-0.05, 0) is 46.1 Å². The van der Waals surface area contributed by atoms with Crippen LogP contribution in [0.4, 0.5) is 0 Å². The van der Waals surface area contributed by atoms with Gasteiger partial charge >= 0.3 is 0 Å². The van der Waals surface area contributed by atoms with Gasteiger partial charge in [-0.3, -0.25) is 0 Å². The summed E-state index contributed by atoms with van der Waals surface area (Å²) in [5, 5.41) is 10.3. The predicted molar refractivity (Wildman–Crippen MR) is 83.3 cm³/mol. The zero-order valence-electron chi connectivity index (χ0n) is 10.4. The van der Waals surface area contributed by atoms with Crippen molar-refractivity contribution in [3.8, 4) is 5.75 Å². The standard InChI is InChI=1S/C14H14BrClO2S/c1-2-7-18-10-5-3-9(4-6-10)13(17)12-8-11(15)14(16)19-12/h3-6,8,13,17H,2,7H2,1H3. The highest BCUT2D eigenvalue weighted by Crippen LogP contribution is 2.37. The van der Waals surface area contributed by atoms with Gasteiger partial charge in [0.15, 0.2) is 0 Å². The molecule has 0 bridgehead atoms. The highest BCUT2D eigenvalue weighted by molar-refractivity contribution is 9.10. The molecular formula is C14H14BrClO2S. The number of aliphatic hydroxyl groups excluding tert-OH is 1. The molecule has 0 aliphatic carbocycles. The average Bonchev–Trinajstić information content (AvgIpc) is 2.76. The van der Waals surface area contributed by atoms with Crippen LogP contribution in [0.3, 0.4) is 0 Å². The van der Waals surface area contributed by atoms with Gasteiger partial charge in [0.2, 0.25) is 0 Å². The summed E-state index contributed by atoms with van der Waals surface area (Å²) in [6, 6.07) is 9.34. The average molecular weight is 362 g/mol. The minimum absolute atomic E-state index is 0.650. The maximum Gasteiger partial charge on any atom is 0.119 e. The Labute approximate surface area is 130 Å². The van der Waals surface area contributed by atoms with Crippen LogP contribution in [0.1, 0.15) is 29.9 Å². The van der Waals surface area contributed by atoms with E-state index in [1.807, 2.05) is 30.3 Å². The van der Waals surface area contributed by atoms with Gasteiger partial charge in [-0.1, -0.05) is 30.7 Å². The summed E-state index contributed by atoms with van der Waals surface area (Å²) in [6.45, 7) is 2.77. The van der Waals surface area contributed by atoms with Crippen LogP contribution in [-0.2, 0) is 0 Å². The molecule has 0 amide bonds. The lowest BCUT2D eigenvalue weighted by molar-refractivity contribution is 0.224. The van der Waals surface area contributed by atoms with Crippen LogP contribution < -0.4 is 4.74 Å². The highest BCUT2D eigenvalue weighted by Gasteiger charge is 2.15. The van der Waals surface area contributed by atoms with Crippen LogP contribution in [0, 0.1) is 0 Å². The molecule has 5 heteroatoms. The van der Waals surface area contributed by atoms with Gasteiger partial charge in [0, 0.05) is 9.35 Å². The fraction of sp³-hybridized carbons (Fsp3) is 0.286. The van der Waals surface area contributed by atoms with Gasteiger partial charge < -0.3 is 9.84 Å². The smallest absolute Gasteiger partial charge is 0.119 e. The number of hydrogen-bond donors (Lipinski definition) is 1. The van der Waals surface area contributed by atoms with Crippen LogP contribution in [0.15, 0.2) is 34.8 Å². The Morgan fingerprint density at radius 1 is 1.37 bits per heavy atom. The van der Waals surface area contributed by atoms with Crippen molar-refractivity contribution in [3.63, 3.8) is 0 Å². The molecule has 2 rings (SSSR count). The molecular weight excluding hydrogens is 348 g/mol. The summed E-state index contributed by atoms with van der Waals surface area (Å²) >= 11 is 10.7. The molecule has 102 valence electrons. The number of aliphatic hydroxyl groups is 1. The Morgan fingerprint density at radius 3 is 2.58 bits per heavy atom. The first-order chi connectivity index (χ1) is 9.11. The lowest BCUT2D eigenvalue weighted by atomic mass is 10.1. The molecule has 19 heavy (non-hydrogen) atoms. The molecule has 1 heterocycles. The van der Waals surface area contributed by atoms with Gasteiger partial charge in [-0.25, -0.2) is 0 Å². The van der Waals surface area contributed by atoms with E-state index in [-0.39, 0.29) is 0 Å². The minimum atomic E-state index is -0.658. The lowest BCUT2D eigenvalue weighted by Crippen LogP contribution is -1.98. The minimum Gasteiger partial charge on any atom is -0.494 e. The number of thiophene rings is 1. The summed E-state index contributed by atoms with van der Waals surface area (Å²) in [6.07, 6.45) is 0.320. The van der Waals surface area contributed by atoms with E-state index in [0.29, 0.717) is 10.9 Å². The number of benzene rings is 1. The van der Waals surface area contributed by atoms with E-state index in [4.69, 9.17) is 16.3 Å². The molecule has 0 radical (unpaired) electrons. The molecule has 1 atom stereocenters. The van der Waals surface area contributed by atoms with Gasteiger partial charge in [0.25, 0.3) is 0 Å². The third kappa shape index (κ3) is 3.72. The van der Waals surface area contributed by atoms with Gasteiger partial charge in [0.05, 0.1) is 6.61 Å². The summed E-state index contributed by atoms with van der Waals surface area (Å²) in [5.74, 6) is 0.822. The van der Waals surface area contributed by atoms with Crippen molar-refractivity contribution in [2.24, 2.45) is 0 Å². The monoisotopic (exact) mass is 360 g/mol. The molecule has 0 fully saturated rings. The van der Waals surface area contributed by atoms with Crippen molar-refractivity contribution >= 4 is 38.9 Å². The van der Waals surface area contributed by atoms with E-state index in [9.17, 15) is 5.11 Å². The second-order valence-electron chi connectivity index (χ2n) is 4.09.